The molecule has 1 fully saturated rings. The van der Waals surface area contributed by atoms with Crippen molar-refractivity contribution in [3.05, 3.63) is 78.1 Å². The van der Waals surface area contributed by atoms with E-state index in [1.165, 1.54) is 24.3 Å². The van der Waals surface area contributed by atoms with Crippen molar-refractivity contribution < 1.29 is 36.6 Å². The fraction of sp³-hybridized carbons (Fsp3) is 0.238. The van der Waals surface area contributed by atoms with E-state index in [2.05, 4.69) is 9.82 Å². The smallest absolute Gasteiger partial charge is 0.450 e. The predicted molar refractivity (Wildman–Crippen MR) is 112 cm³/mol. The van der Waals surface area contributed by atoms with Crippen molar-refractivity contribution >= 4 is 16.2 Å². The van der Waals surface area contributed by atoms with Crippen molar-refractivity contribution in [2.24, 2.45) is 0 Å². The molecule has 0 unspecified atom stereocenters. The number of nitrogens with zero attached hydrogens (tertiary/aromatic N) is 2. The van der Waals surface area contributed by atoms with Gasteiger partial charge in [0.2, 0.25) is 10.0 Å². The number of carboxylic acid groups (broad SMARTS) is 2. The van der Waals surface area contributed by atoms with E-state index < -0.39 is 27.9 Å². The molecule has 0 saturated heterocycles. The van der Waals surface area contributed by atoms with Gasteiger partial charge in [-0.05, 0) is 36.2 Å². The van der Waals surface area contributed by atoms with Crippen LogP contribution in [0.25, 0.3) is 5.69 Å². The zero-order valence-electron chi connectivity index (χ0n) is 17.2. The lowest BCUT2D eigenvalue weighted by atomic mass is 9.98. The molecule has 1 aliphatic rings. The van der Waals surface area contributed by atoms with Crippen LogP contribution in [0.3, 0.4) is 0 Å². The summed E-state index contributed by atoms with van der Waals surface area (Å²) in [5, 5.41) is 17.6. The first-order valence-corrected chi connectivity index (χ1v) is 11.0. The van der Waals surface area contributed by atoms with Crippen LogP contribution in [-0.2, 0) is 21.6 Å². The van der Waals surface area contributed by atoms with Crippen LogP contribution in [0.5, 0.6) is 0 Å². The van der Waals surface area contributed by atoms with E-state index in [4.69, 9.17) is 15.0 Å². The predicted octanol–water partition coefficient (Wildman–Crippen LogP) is 4.12. The molecule has 1 aromatic heterocycles. The number of benzene rings is 2. The summed E-state index contributed by atoms with van der Waals surface area (Å²) in [6.07, 6.45) is -4.04. The highest BCUT2D eigenvalue weighted by molar-refractivity contribution is 7.89. The van der Waals surface area contributed by atoms with Crippen LogP contribution < -0.4 is 4.72 Å². The SMILES string of the molecule is C[C@]1(c2ccccc2)C[C@@H]1NS(=O)(=O)c1ccc(-n2cc(C(F)(F)F)cn2)cc1.O=C(O)O. The van der Waals surface area contributed by atoms with Crippen LogP contribution in [-0.4, -0.2) is 40.6 Å². The topological polar surface area (TPSA) is 122 Å². The number of nitrogens with one attached hydrogen (secondary N) is 1. The zero-order chi connectivity index (χ0) is 24.4. The lowest BCUT2D eigenvalue weighted by Crippen LogP contribution is -2.30. The minimum atomic E-state index is -4.49. The molecule has 0 spiro atoms. The average Bonchev–Trinajstić information content (AvgIpc) is 3.14. The van der Waals surface area contributed by atoms with Gasteiger partial charge in [-0.2, -0.15) is 18.3 Å². The molecule has 1 saturated carbocycles. The molecule has 176 valence electrons. The fourth-order valence-corrected chi connectivity index (χ4v) is 4.67. The van der Waals surface area contributed by atoms with Gasteiger partial charge < -0.3 is 10.2 Å². The van der Waals surface area contributed by atoms with Crippen molar-refractivity contribution in [1.29, 1.82) is 0 Å². The van der Waals surface area contributed by atoms with Gasteiger partial charge in [0, 0.05) is 17.7 Å². The number of alkyl halides is 3. The lowest BCUT2D eigenvalue weighted by molar-refractivity contribution is -0.137. The van der Waals surface area contributed by atoms with Gasteiger partial charge in [-0.1, -0.05) is 37.3 Å². The highest BCUT2D eigenvalue weighted by Crippen LogP contribution is 2.48. The molecule has 8 nitrogen and oxygen atoms in total. The van der Waals surface area contributed by atoms with Gasteiger partial charge in [0.25, 0.3) is 0 Å². The van der Waals surface area contributed by atoms with E-state index in [1.807, 2.05) is 37.3 Å². The molecular weight excluding hydrogens is 463 g/mol. The maximum atomic E-state index is 12.7. The van der Waals surface area contributed by atoms with Gasteiger partial charge in [-0.25, -0.2) is 22.6 Å². The molecule has 33 heavy (non-hydrogen) atoms. The third-order valence-electron chi connectivity index (χ3n) is 5.29. The Hall–Kier alpha value is -3.38. The normalized spacial score (nSPS) is 19.9. The number of hydrogen-bond donors (Lipinski definition) is 3. The summed E-state index contributed by atoms with van der Waals surface area (Å²) in [6.45, 7) is 2.01. The first kappa shape index (κ1) is 24.3. The second kappa shape index (κ2) is 8.87. The molecule has 0 bridgehead atoms. The largest absolute Gasteiger partial charge is 0.503 e. The molecule has 2 aromatic carbocycles. The zero-order valence-corrected chi connectivity index (χ0v) is 18.0. The second-order valence-electron chi connectivity index (χ2n) is 7.61. The Bertz CT molecular complexity index is 1220. The summed E-state index contributed by atoms with van der Waals surface area (Å²) in [5.41, 5.74) is 0.282. The lowest BCUT2D eigenvalue weighted by Gasteiger charge is -2.13. The Labute approximate surface area is 187 Å². The van der Waals surface area contributed by atoms with Crippen LogP contribution in [0.4, 0.5) is 18.0 Å². The molecule has 0 aliphatic heterocycles. The molecule has 1 heterocycles. The summed E-state index contributed by atoms with van der Waals surface area (Å²) in [6, 6.07) is 15.0. The van der Waals surface area contributed by atoms with Crippen LogP contribution in [0.2, 0.25) is 0 Å². The number of sulfonamides is 1. The van der Waals surface area contributed by atoms with Gasteiger partial charge in [0.05, 0.1) is 22.3 Å². The fourth-order valence-electron chi connectivity index (χ4n) is 3.32. The van der Waals surface area contributed by atoms with Gasteiger partial charge in [-0.15, -0.1) is 0 Å². The first-order chi connectivity index (χ1) is 15.3. The number of aromatic nitrogens is 2. The number of carbonyl (C=O) groups is 1. The molecule has 2 atom stereocenters. The maximum Gasteiger partial charge on any atom is 0.503 e. The van der Waals surface area contributed by atoms with Crippen LogP contribution >= 0.6 is 0 Å². The van der Waals surface area contributed by atoms with Gasteiger partial charge in [0.1, 0.15) is 0 Å². The third kappa shape index (κ3) is 5.71. The maximum absolute atomic E-state index is 12.7. The highest BCUT2D eigenvalue weighted by Gasteiger charge is 2.53. The van der Waals surface area contributed by atoms with E-state index in [1.54, 1.807) is 0 Å². The van der Waals surface area contributed by atoms with Crippen molar-refractivity contribution in [2.75, 3.05) is 0 Å². The van der Waals surface area contributed by atoms with Crippen molar-refractivity contribution in [1.82, 2.24) is 14.5 Å². The molecule has 3 aromatic rings. The van der Waals surface area contributed by atoms with Gasteiger partial charge in [0.15, 0.2) is 0 Å². The molecule has 4 rings (SSSR count). The Morgan fingerprint density at radius 1 is 1.12 bits per heavy atom. The van der Waals surface area contributed by atoms with E-state index in [0.29, 0.717) is 12.1 Å². The molecular formula is C21H20F3N3O5S. The van der Waals surface area contributed by atoms with E-state index in [0.717, 1.165) is 22.6 Å². The number of rotatable bonds is 5. The van der Waals surface area contributed by atoms with Crippen molar-refractivity contribution in [3.8, 4) is 5.69 Å². The molecule has 0 radical (unpaired) electrons. The van der Waals surface area contributed by atoms with Crippen LogP contribution in [0.1, 0.15) is 24.5 Å². The Kier molecular flexibility index (Phi) is 6.52. The first-order valence-electron chi connectivity index (χ1n) is 9.55. The van der Waals surface area contributed by atoms with E-state index in [9.17, 15) is 21.6 Å². The van der Waals surface area contributed by atoms with E-state index in [-0.39, 0.29) is 16.4 Å². The number of hydrogen-bond acceptors (Lipinski definition) is 4. The Morgan fingerprint density at radius 2 is 1.70 bits per heavy atom. The highest BCUT2D eigenvalue weighted by atomic mass is 32.2. The summed E-state index contributed by atoms with van der Waals surface area (Å²) in [5.74, 6) is 0. The minimum absolute atomic E-state index is 0.0479. The van der Waals surface area contributed by atoms with Gasteiger partial charge in [-0.3, -0.25) is 0 Å². The van der Waals surface area contributed by atoms with E-state index >= 15 is 0 Å². The Balaban J connectivity index is 0.000000709. The average molecular weight is 483 g/mol. The van der Waals surface area contributed by atoms with Crippen molar-refractivity contribution in [3.63, 3.8) is 0 Å². The standard InChI is InChI=1S/C20H18F3N3O2S.CH2O3/c1-19(14-5-3-2-4-6-14)11-18(19)25-29(27,28)17-9-7-16(8-10-17)26-13-15(12-24-26)20(21,22)23;2-1(3)4/h2-10,12-13,18,25H,11H2,1H3;(H2,2,3,4)/t18-,19+;/m0./s1. The summed E-state index contributed by atoms with van der Waals surface area (Å²) >= 11 is 0. The monoisotopic (exact) mass is 483 g/mol. The van der Waals surface area contributed by atoms with Gasteiger partial charge >= 0.3 is 12.3 Å². The Morgan fingerprint density at radius 3 is 2.21 bits per heavy atom. The van der Waals surface area contributed by atoms with Crippen molar-refractivity contribution in [2.45, 2.75) is 35.9 Å². The molecule has 12 heteroatoms. The summed E-state index contributed by atoms with van der Waals surface area (Å²) in [7, 11) is -3.75. The summed E-state index contributed by atoms with van der Waals surface area (Å²) < 4.78 is 67.3. The summed E-state index contributed by atoms with van der Waals surface area (Å²) in [4.78, 5) is 8.60. The molecule has 3 N–H and O–H groups in total. The second-order valence-corrected chi connectivity index (χ2v) is 9.32. The minimum Gasteiger partial charge on any atom is -0.450 e. The molecule has 1 aliphatic carbocycles. The number of halogens is 3. The van der Waals surface area contributed by atoms with Crippen LogP contribution in [0.15, 0.2) is 71.9 Å². The third-order valence-corrected chi connectivity index (χ3v) is 6.78. The molecule has 0 amide bonds. The quantitative estimate of drug-likeness (QED) is 0.502. The van der Waals surface area contributed by atoms with Crippen LogP contribution in [0, 0.1) is 0 Å².